The van der Waals surface area contributed by atoms with Gasteiger partial charge in [-0.05, 0) is 49.6 Å². The Hall–Kier alpha value is -2.41. The van der Waals surface area contributed by atoms with E-state index in [2.05, 4.69) is 10.0 Å². The molecule has 2 rings (SSSR count). The minimum atomic E-state index is -4.00. The second-order valence-electron chi connectivity index (χ2n) is 6.07. The third-order valence-corrected chi connectivity index (χ3v) is 5.73. The normalized spacial score (nSPS) is 11.4. The second-order valence-corrected chi connectivity index (χ2v) is 7.72. The first-order valence-corrected chi connectivity index (χ1v) is 9.95. The Labute approximate surface area is 153 Å². The quantitative estimate of drug-likeness (QED) is 0.754. The van der Waals surface area contributed by atoms with E-state index in [0.29, 0.717) is 24.1 Å². The number of aryl methyl sites for hydroxylation is 1. The molecule has 0 heterocycles. The van der Waals surface area contributed by atoms with Crippen LogP contribution in [0.5, 0.6) is 0 Å². The number of carbonyl (C=O) groups is 1. The Morgan fingerprint density at radius 3 is 2.38 bits per heavy atom. The lowest BCUT2D eigenvalue weighted by atomic mass is 10.0. The fraction of sp³-hybridized carbons (Fsp3) is 0.316. The Morgan fingerprint density at radius 2 is 1.77 bits per heavy atom. The van der Waals surface area contributed by atoms with Crippen molar-refractivity contribution in [2.75, 3.05) is 10.0 Å². The van der Waals surface area contributed by atoms with Crippen LogP contribution in [0.1, 0.15) is 32.3 Å². The summed E-state index contributed by atoms with van der Waals surface area (Å²) in [7, 11) is -4.00. The van der Waals surface area contributed by atoms with Crippen LogP contribution in [0.4, 0.5) is 15.8 Å². The molecule has 0 saturated heterocycles. The van der Waals surface area contributed by atoms with Crippen molar-refractivity contribution >= 4 is 27.3 Å². The van der Waals surface area contributed by atoms with Gasteiger partial charge in [-0.3, -0.25) is 9.52 Å². The van der Waals surface area contributed by atoms with Crippen LogP contribution in [0, 0.1) is 18.7 Å². The van der Waals surface area contributed by atoms with E-state index in [9.17, 15) is 17.6 Å². The molecule has 0 saturated carbocycles. The van der Waals surface area contributed by atoms with Crippen LogP contribution in [0.15, 0.2) is 47.4 Å². The first kappa shape index (κ1) is 19.9. The smallest absolute Gasteiger partial charge is 0.262 e. The molecule has 26 heavy (non-hydrogen) atoms. The standard InChI is InChI=1S/C19H23FN2O3S/c1-4-14(5-2)19(23)21-15-11-10-13(3)18(12-15)26(24,25)22-17-9-7-6-8-16(17)20/h6-12,14,22H,4-5H2,1-3H3,(H,21,23). The summed E-state index contributed by atoms with van der Waals surface area (Å²) >= 11 is 0. The highest BCUT2D eigenvalue weighted by atomic mass is 32.2. The van der Waals surface area contributed by atoms with E-state index < -0.39 is 15.8 Å². The molecule has 0 radical (unpaired) electrons. The van der Waals surface area contributed by atoms with Gasteiger partial charge in [0.25, 0.3) is 10.0 Å². The molecule has 140 valence electrons. The SMILES string of the molecule is CCC(CC)C(=O)Nc1ccc(C)c(S(=O)(=O)Nc2ccccc2F)c1. The third kappa shape index (κ3) is 4.60. The minimum absolute atomic E-state index is 0.0110. The van der Waals surface area contributed by atoms with Crippen molar-refractivity contribution in [1.82, 2.24) is 0 Å². The fourth-order valence-electron chi connectivity index (χ4n) is 2.61. The molecular formula is C19H23FN2O3S. The molecular weight excluding hydrogens is 355 g/mol. The predicted molar refractivity (Wildman–Crippen MR) is 101 cm³/mol. The number of hydrogen-bond donors (Lipinski definition) is 2. The molecule has 0 aromatic heterocycles. The maximum Gasteiger partial charge on any atom is 0.262 e. The summed E-state index contributed by atoms with van der Waals surface area (Å²) in [6, 6.07) is 10.2. The molecule has 2 aromatic rings. The molecule has 1 amide bonds. The van der Waals surface area contributed by atoms with Gasteiger partial charge < -0.3 is 5.32 Å². The number of anilines is 2. The van der Waals surface area contributed by atoms with Crippen molar-refractivity contribution in [3.63, 3.8) is 0 Å². The van der Waals surface area contributed by atoms with Gasteiger partial charge in [0.1, 0.15) is 5.82 Å². The van der Waals surface area contributed by atoms with Gasteiger partial charge >= 0.3 is 0 Å². The van der Waals surface area contributed by atoms with Crippen molar-refractivity contribution < 1.29 is 17.6 Å². The average Bonchev–Trinajstić information content (AvgIpc) is 2.59. The zero-order chi connectivity index (χ0) is 19.3. The Morgan fingerprint density at radius 1 is 1.12 bits per heavy atom. The number of halogens is 1. The molecule has 0 unspecified atom stereocenters. The van der Waals surface area contributed by atoms with Crippen molar-refractivity contribution in [3.05, 3.63) is 53.8 Å². The number of nitrogens with one attached hydrogen (secondary N) is 2. The summed E-state index contributed by atoms with van der Waals surface area (Å²) in [6.07, 6.45) is 1.41. The van der Waals surface area contributed by atoms with E-state index in [0.717, 1.165) is 0 Å². The number of rotatable bonds is 7. The van der Waals surface area contributed by atoms with E-state index in [1.807, 2.05) is 13.8 Å². The Bertz CT molecular complexity index is 893. The summed E-state index contributed by atoms with van der Waals surface area (Å²) < 4.78 is 41.4. The van der Waals surface area contributed by atoms with E-state index in [-0.39, 0.29) is 22.4 Å². The molecule has 0 atom stereocenters. The molecule has 0 bridgehead atoms. The molecule has 5 nitrogen and oxygen atoms in total. The summed E-state index contributed by atoms with van der Waals surface area (Å²) in [4.78, 5) is 12.2. The van der Waals surface area contributed by atoms with Crippen LogP contribution < -0.4 is 10.0 Å². The molecule has 0 spiro atoms. The highest BCUT2D eigenvalue weighted by molar-refractivity contribution is 7.92. The molecule has 0 aliphatic carbocycles. The zero-order valence-corrected chi connectivity index (χ0v) is 15.9. The van der Waals surface area contributed by atoms with Crippen LogP contribution in [0.3, 0.4) is 0 Å². The lowest BCUT2D eigenvalue weighted by Gasteiger charge is -2.15. The topological polar surface area (TPSA) is 75.3 Å². The predicted octanol–water partition coefficient (Wildman–Crippen LogP) is 4.31. The van der Waals surface area contributed by atoms with E-state index in [1.54, 1.807) is 25.1 Å². The van der Waals surface area contributed by atoms with Crippen molar-refractivity contribution in [3.8, 4) is 0 Å². The maximum atomic E-state index is 13.8. The lowest BCUT2D eigenvalue weighted by Crippen LogP contribution is -2.22. The number of para-hydroxylation sites is 1. The van der Waals surface area contributed by atoms with Gasteiger partial charge in [0.05, 0.1) is 10.6 Å². The van der Waals surface area contributed by atoms with Gasteiger partial charge in [0.2, 0.25) is 5.91 Å². The fourth-order valence-corrected chi connectivity index (χ4v) is 3.95. The average molecular weight is 378 g/mol. The second kappa shape index (κ2) is 8.31. The van der Waals surface area contributed by atoms with Gasteiger partial charge in [-0.15, -0.1) is 0 Å². The van der Waals surface area contributed by atoms with Gasteiger partial charge in [-0.2, -0.15) is 0 Å². The van der Waals surface area contributed by atoms with Gasteiger partial charge in [0.15, 0.2) is 0 Å². The number of sulfonamides is 1. The molecule has 0 aliphatic heterocycles. The van der Waals surface area contributed by atoms with E-state index in [1.165, 1.54) is 24.3 Å². The highest BCUT2D eigenvalue weighted by Gasteiger charge is 2.20. The highest BCUT2D eigenvalue weighted by Crippen LogP contribution is 2.24. The van der Waals surface area contributed by atoms with Gasteiger partial charge in [-0.25, -0.2) is 12.8 Å². The van der Waals surface area contributed by atoms with E-state index >= 15 is 0 Å². The summed E-state index contributed by atoms with van der Waals surface area (Å²) in [5, 5.41) is 2.75. The first-order chi connectivity index (χ1) is 12.3. The van der Waals surface area contributed by atoms with E-state index in [4.69, 9.17) is 0 Å². The summed E-state index contributed by atoms with van der Waals surface area (Å²) in [5.41, 5.74) is 0.758. The molecule has 2 N–H and O–H groups in total. The lowest BCUT2D eigenvalue weighted by molar-refractivity contribution is -0.120. The number of carbonyl (C=O) groups excluding carboxylic acids is 1. The van der Waals surface area contributed by atoms with Gasteiger partial charge in [-0.1, -0.05) is 32.0 Å². The Balaban J connectivity index is 2.31. The Kier molecular flexibility index (Phi) is 6.37. The van der Waals surface area contributed by atoms with Gasteiger partial charge in [0, 0.05) is 11.6 Å². The minimum Gasteiger partial charge on any atom is -0.326 e. The summed E-state index contributed by atoms with van der Waals surface area (Å²) in [5.74, 6) is -0.941. The first-order valence-electron chi connectivity index (χ1n) is 8.47. The zero-order valence-electron chi connectivity index (χ0n) is 15.0. The van der Waals surface area contributed by atoms with Crippen LogP contribution in [-0.2, 0) is 14.8 Å². The van der Waals surface area contributed by atoms with Crippen molar-refractivity contribution in [1.29, 1.82) is 0 Å². The monoisotopic (exact) mass is 378 g/mol. The third-order valence-electron chi connectivity index (χ3n) is 4.22. The van der Waals surface area contributed by atoms with Crippen molar-refractivity contribution in [2.45, 2.75) is 38.5 Å². The largest absolute Gasteiger partial charge is 0.326 e. The maximum absolute atomic E-state index is 13.8. The number of amides is 1. The van der Waals surface area contributed by atoms with Crippen LogP contribution >= 0.6 is 0 Å². The molecule has 0 fully saturated rings. The van der Waals surface area contributed by atoms with Crippen LogP contribution in [-0.4, -0.2) is 14.3 Å². The van der Waals surface area contributed by atoms with Crippen LogP contribution in [0.2, 0.25) is 0 Å². The van der Waals surface area contributed by atoms with Crippen molar-refractivity contribution in [2.24, 2.45) is 5.92 Å². The number of benzene rings is 2. The van der Waals surface area contributed by atoms with Crippen LogP contribution in [0.25, 0.3) is 0 Å². The molecule has 0 aliphatic rings. The molecule has 2 aromatic carbocycles. The number of hydrogen-bond acceptors (Lipinski definition) is 3. The summed E-state index contributed by atoms with van der Waals surface area (Å²) in [6.45, 7) is 5.50. The molecule has 7 heteroatoms.